The van der Waals surface area contributed by atoms with E-state index in [-0.39, 0.29) is 24.0 Å². The molecule has 0 bridgehead atoms. The minimum Gasteiger partial charge on any atom is -0.484 e. The number of hydrogen-bond acceptors (Lipinski definition) is 4. The van der Waals surface area contributed by atoms with Gasteiger partial charge in [0.1, 0.15) is 5.75 Å². The van der Waals surface area contributed by atoms with Crippen molar-refractivity contribution in [1.29, 1.82) is 0 Å². The Morgan fingerprint density at radius 3 is 2.36 bits per heavy atom. The molecule has 6 nitrogen and oxygen atoms in total. The summed E-state index contributed by atoms with van der Waals surface area (Å²) in [5, 5.41) is 0.598. The Kier molecular flexibility index (Phi) is 6.59. The molecule has 2 aromatic carbocycles. The monoisotopic (exact) mass is 422 g/mol. The number of carbonyl (C=O) groups excluding carboxylic acids is 1. The summed E-state index contributed by atoms with van der Waals surface area (Å²) >= 11 is 5.83. The molecule has 0 aliphatic carbocycles. The van der Waals surface area contributed by atoms with Gasteiger partial charge in [-0.15, -0.1) is 0 Å². The summed E-state index contributed by atoms with van der Waals surface area (Å²) in [5.41, 5.74) is 1.01. The van der Waals surface area contributed by atoms with Gasteiger partial charge in [-0.1, -0.05) is 29.3 Å². The Morgan fingerprint density at radius 2 is 1.68 bits per heavy atom. The van der Waals surface area contributed by atoms with Crippen LogP contribution in [-0.4, -0.2) is 56.3 Å². The summed E-state index contributed by atoms with van der Waals surface area (Å²) in [6.45, 7) is 3.32. The lowest BCUT2D eigenvalue weighted by molar-refractivity contribution is -0.133. The second-order valence-corrected chi connectivity index (χ2v) is 9.07. The number of rotatable bonds is 5. The molecule has 1 fully saturated rings. The maximum absolute atomic E-state index is 12.9. The van der Waals surface area contributed by atoms with Crippen molar-refractivity contribution in [2.24, 2.45) is 0 Å². The number of nitrogens with zero attached hydrogens (tertiary/aromatic N) is 2. The molecule has 0 unspecified atom stereocenters. The van der Waals surface area contributed by atoms with Gasteiger partial charge in [-0.25, -0.2) is 8.42 Å². The Hall–Kier alpha value is -2.09. The molecule has 1 aliphatic rings. The van der Waals surface area contributed by atoms with Crippen molar-refractivity contribution in [1.82, 2.24) is 9.21 Å². The van der Waals surface area contributed by atoms with Gasteiger partial charge in [0.15, 0.2) is 6.61 Å². The summed E-state index contributed by atoms with van der Waals surface area (Å²) in [6.07, 6.45) is 0.581. The van der Waals surface area contributed by atoms with E-state index < -0.39 is 10.0 Å². The Labute approximate surface area is 170 Å². The Morgan fingerprint density at radius 1 is 1.00 bits per heavy atom. The summed E-state index contributed by atoms with van der Waals surface area (Å²) in [4.78, 5) is 14.4. The van der Waals surface area contributed by atoms with E-state index in [0.717, 1.165) is 5.56 Å². The minimum absolute atomic E-state index is 0.0909. The summed E-state index contributed by atoms with van der Waals surface area (Å²) in [5.74, 6) is 0.403. The van der Waals surface area contributed by atoms with Gasteiger partial charge < -0.3 is 9.64 Å². The molecule has 28 heavy (non-hydrogen) atoms. The van der Waals surface area contributed by atoms with Crippen LogP contribution >= 0.6 is 11.6 Å². The zero-order valence-electron chi connectivity index (χ0n) is 15.7. The van der Waals surface area contributed by atoms with E-state index in [2.05, 4.69) is 0 Å². The lowest BCUT2D eigenvalue weighted by Gasteiger charge is -2.22. The molecule has 0 N–H and O–H groups in total. The zero-order valence-corrected chi connectivity index (χ0v) is 17.2. The van der Waals surface area contributed by atoms with E-state index in [1.807, 2.05) is 6.92 Å². The summed E-state index contributed by atoms with van der Waals surface area (Å²) < 4.78 is 32.7. The van der Waals surface area contributed by atoms with Gasteiger partial charge in [0.05, 0.1) is 4.90 Å². The first-order valence-electron chi connectivity index (χ1n) is 9.09. The number of amides is 1. The molecular formula is C20H23ClN2O4S. The van der Waals surface area contributed by atoms with Crippen molar-refractivity contribution in [3.63, 3.8) is 0 Å². The van der Waals surface area contributed by atoms with Crippen molar-refractivity contribution >= 4 is 27.5 Å². The van der Waals surface area contributed by atoms with Crippen molar-refractivity contribution in [2.45, 2.75) is 18.2 Å². The SMILES string of the molecule is Cc1ccc(S(=O)(=O)N2CCCN(C(=O)COc3ccc(Cl)cc3)CC2)cc1. The standard InChI is InChI=1S/C20H23ClN2O4S/c1-16-3-9-19(10-4-16)28(25,26)23-12-2-11-22(13-14-23)20(24)15-27-18-7-5-17(21)6-8-18/h3-10H,2,11-15H2,1H3. The molecular weight excluding hydrogens is 400 g/mol. The fraction of sp³-hybridized carbons (Fsp3) is 0.350. The zero-order chi connectivity index (χ0) is 20.1. The predicted octanol–water partition coefficient (Wildman–Crippen LogP) is 2.95. The quantitative estimate of drug-likeness (QED) is 0.743. The number of sulfonamides is 1. The van der Waals surface area contributed by atoms with Crippen LogP contribution in [0.15, 0.2) is 53.4 Å². The summed E-state index contributed by atoms with van der Waals surface area (Å²) in [7, 11) is -3.56. The molecule has 1 aliphatic heterocycles. The predicted molar refractivity (Wildman–Crippen MR) is 108 cm³/mol. The Balaban J connectivity index is 1.58. The maximum atomic E-state index is 12.9. The van der Waals surface area contributed by atoms with Gasteiger partial charge in [-0.05, 0) is 49.7 Å². The molecule has 1 heterocycles. The van der Waals surface area contributed by atoms with Crippen molar-refractivity contribution in [3.05, 3.63) is 59.1 Å². The number of aryl methyl sites for hydroxylation is 1. The topological polar surface area (TPSA) is 66.9 Å². The number of benzene rings is 2. The van der Waals surface area contributed by atoms with Gasteiger partial charge >= 0.3 is 0 Å². The van der Waals surface area contributed by atoms with Gasteiger partial charge in [0.25, 0.3) is 5.91 Å². The molecule has 1 amide bonds. The van der Waals surface area contributed by atoms with Crippen molar-refractivity contribution < 1.29 is 17.9 Å². The molecule has 1 saturated heterocycles. The number of carbonyl (C=O) groups is 1. The van der Waals surface area contributed by atoms with Crippen LogP contribution in [-0.2, 0) is 14.8 Å². The van der Waals surface area contributed by atoms with Crippen LogP contribution in [0, 0.1) is 6.92 Å². The van der Waals surface area contributed by atoms with E-state index in [1.54, 1.807) is 53.4 Å². The van der Waals surface area contributed by atoms with E-state index in [1.165, 1.54) is 4.31 Å². The highest BCUT2D eigenvalue weighted by molar-refractivity contribution is 7.89. The maximum Gasteiger partial charge on any atom is 0.260 e. The van der Waals surface area contributed by atoms with E-state index >= 15 is 0 Å². The van der Waals surface area contributed by atoms with Crippen LogP contribution in [0.3, 0.4) is 0 Å². The van der Waals surface area contributed by atoms with Crippen LogP contribution in [0.2, 0.25) is 5.02 Å². The minimum atomic E-state index is -3.56. The van der Waals surface area contributed by atoms with Crippen LogP contribution in [0.5, 0.6) is 5.75 Å². The fourth-order valence-corrected chi connectivity index (χ4v) is 4.61. The van der Waals surface area contributed by atoms with Crippen molar-refractivity contribution in [2.75, 3.05) is 32.8 Å². The third-order valence-electron chi connectivity index (χ3n) is 4.64. The molecule has 2 aromatic rings. The second kappa shape index (κ2) is 8.94. The van der Waals surface area contributed by atoms with Crippen LogP contribution in [0.25, 0.3) is 0 Å². The van der Waals surface area contributed by atoms with Crippen LogP contribution < -0.4 is 4.74 Å². The van der Waals surface area contributed by atoms with Gasteiger partial charge in [0, 0.05) is 31.2 Å². The fourth-order valence-electron chi connectivity index (χ4n) is 3.01. The first kappa shape index (κ1) is 20.6. The number of halogens is 1. The molecule has 0 radical (unpaired) electrons. The second-order valence-electron chi connectivity index (χ2n) is 6.69. The van der Waals surface area contributed by atoms with E-state index in [4.69, 9.17) is 16.3 Å². The van der Waals surface area contributed by atoms with Gasteiger partial charge in [-0.2, -0.15) is 4.31 Å². The van der Waals surface area contributed by atoms with E-state index in [0.29, 0.717) is 36.8 Å². The molecule has 0 atom stereocenters. The number of ether oxygens (including phenoxy) is 1. The van der Waals surface area contributed by atoms with Crippen molar-refractivity contribution in [3.8, 4) is 5.75 Å². The largest absolute Gasteiger partial charge is 0.484 e. The highest BCUT2D eigenvalue weighted by Gasteiger charge is 2.28. The molecule has 0 aromatic heterocycles. The van der Waals surface area contributed by atoms with Gasteiger partial charge in [-0.3, -0.25) is 4.79 Å². The molecule has 3 rings (SSSR count). The number of hydrogen-bond donors (Lipinski definition) is 0. The average Bonchev–Trinajstić information content (AvgIpc) is 2.94. The first-order chi connectivity index (χ1) is 13.4. The van der Waals surface area contributed by atoms with Crippen LogP contribution in [0.1, 0.15) is 12.0 Å². The first-order valence-corrected chi connectivity index (χ1v) is 10.9. The third kappa shape index (κ3) is 5.04. The molecule has 0 saturated carbocycles. The van der Waals surface area contributed by atoms with E-state index in [9.17, 15) is 13.2 Å². The lowest BCUT2D eigenvalue weighted by Crippen LogP contribution is -2.39. The smallest absolute Gasteiger partial charge is 0.260 e. The van der Waals surface area contributed by atoms with Gasteiger partial charge in [0.2, 0.25) is 10.0 Å². The molecule has 8 heteroatoms. The lowest BCUT2D eigenvalue weighted by atomic mass is 10.2. The van der Waals surface area contributed by atoms with Crippen LogP contribution in [0.4, 0.5) is 0 Å². The summed E-state index contributed by atoms with van der Waals surface area (Å²) in [6, 6.07) is 13.6. The average molecular weight is 423 g/mol. The molecule has 150 valence electrons. The Bertz CT molecular complexity index is 914. The highest BCUT2D eigenvalue weighted by atomic mass is 35.5. The molecule has 0 spiro atoms. The third-order valence-corrected chi connectivity index (χ3v) is 6.81. The normalized spacial score (nSPS) is 15.9. The highest BCUT2D eigenvalue weighted by Crippen LogP contribution is 2.19.